The van der Waals surface area contributed by atoms with E-state index in [1.807, 2.05) is 37.3 Å². The molecule has 1 aliphatic rings. The lowest BCUT2D eigenvalue weighted by molar-refractivity contribution is 0.0817. The highest BCUT2D eigenvalue weighted by Gasteiger charge is 2.40. The number of nitrogen functional groups attached to an aromatic ring is 1. The van der Waals surface area contributed by atoms with Crippen LogP contribution < -0.4 is 21.1 Å². The van der Waals surface area contributed by atoms with Crippen molar-refractivity contribution in [2.75, 3.05) is 19.7 Å². The van der Waals surface area contributed by atoms with Crippen LogP contribution in [-0.4, -0.2) is 58.5 Å². The fourth-order valence-electron chi connectivity index (χ4n) is 5.05. The van der Waals surface area contributed by atoms with Crippen molar-refractivity contribution in [2.24, 2.45) is 5.73 Å². The van der Waals surface area contributed by atoms with Crippen LogP contribution in [0.25, 0.3) is 11.0 Å². The summed E-state index contributed by atoms with van der Waals surface area (Å²) >= 11 is 0. The normalized spacial score (nSPS) is 17.8. The number of halogens is 2. The van der Waals surface area contributed by atoms with Gasteiger partial charge >= 0.3 is 6.09 Å². The van der Waals surface area contributed by atoms with Crippen LogP contribution in [0.4, 0.5) is 10.5 Å². The number of amidine groups is 1. The maximum Gasteiger partial charge on any atom is 0.452 e. The van der Waals surface area contributed by atoms with E-state index in [1.165, 1.54) is 0 Å². The highest BCUT2D eigenvalue weighted by Crippen LogP contribution is 2.29. The molecule has 222 valence electrons. The van der Waals surface area contributed by atoms with Gasteiger partial charge in [0.2, 0.25) is 0 Å². The molecule has 0 aliphatic carbocycles. The molecule has 6 N–H and O–H groups in total. The number of nitrogens with two attached hydrogens (primary N) is 1. The van der Waals surface area contributed by atoms with Crippen molar-refractivity contribution < 1.29 is 14.3 Å². The fraction of sp³-hybridized carbons (Fsp3) is 0.276. The largest absolute Gasteiger partial charge is 0.452 e. The van der Waals surface area contributed by atoms with E-state index in [1.54, 1.807) is 36.5 Å². The fourth-order valence-corrected chi connectivity index (χ4v) is 5.05. The summed E-state index contributed by atoms with van der Waals surface area (Å²) in [5.74, 6) is 0.627. The Balaban J connectivity index is 0.00000242. The minimum Gasteiger partial charge on any atom is -0.446 e. The van der Waals surface area contributed by atoms with Crippen molar-refractivity contribution in [1.29, 1.82) is 5.41 Å². The molecule has 1 fully saturated rings. The number of rotatable bonds is 8. The molecule has 4 aromatic rings. The number of imidazole rings is 1. The number of fused-ring (bicyclic) bond motifs is 1. The zero-order chi connectivity index (χ0) is 28.1. The summed E-state index contributed by atoms with van der Waals surface area (Å²) in [6.45, 7) is 3.23. The topological polar surface area (TPSA) is 159 Å². The first-order valence-electron chi connectivity index (χ1n) is 13.3. The zero-order valence-corrected chi connectivity index (χ0v) is 24.8. The Morgan fingerprint density at radius 3 is 2.50 bits per heavy atom. The van der Waals surface area contributed by atoms with Crippen LogP contribution in [-0.2, 0) is 11.2 Å². The van der Waals surface area contributed by atoms with E-state index in [0.717, 1.165) is 28.1 Å². The second-order valence-corrected chi connectivity index (χ2v) is 10.0. The number of piperidine rings is 1. The smallest absolute Gasteiger partial charge is 0.446 e. The van der Waals surface area contributed by atoms with E-state index >= 15 is 0 Å². The van der Waals surface area contributed by atoms with Gasteiger partial charge in [-0.25, -0.2) is 9.78 Å². The Bertz CT molecular complexity index is 1520. The molecule has 2 aromatic carbocycles. The Hall–Kier alpha value is -4.19. The molecule has 0 saturated carbocycles. The second kappa shape index (κ2) is 14.1. The molecule has 0 unspecified atom stereocenters. The summed E-state index contributed by atoms with van der Waals surface area (Å²) in [7, 11) is 0. The number of pyridine rings is 1. The SMILES string of the molecule is Cc1nc2ccc([N+]3(NC(=O)OCCc4ccc(C(=N)N)cc4)CCC(NC(=O)c4ccccn4)CC3)cc2[nH]1.Cl.Cl. The van der Waals surface area contributed by atoms with Crippen molar-refractivity contribution in [3.8, 4) is 0 Å². The quantitative estimate of drug-likeness (QED) is 0.114. The maximum atomic E-state index is 13.0. The molecule has 0 atom stereocenters. The third-order valence-corrected chi connectivity index (χ3v) is 7.22. The molecule has 2 aromatic heterocycles. The molecule has 2 amide bonds. The predicted molar refractivity (Wildman–Crippen MR) is 167 cm³/mol. The highest BCUT2D eigenvalue weighted by molar-refractivity contribution is 5.95. The molecular formula is C29H35Cl2N8O3+. The van der Waals surface area contributed by atoms with Gasteiger partial charge in [-0.1, -0.05) is 30.3 Å². The number of amides is 2. The number of hydrogen-bond donors (Lipinski definition) is 5. The van der Waals surface area contributed by atoms with Gasteiger partial charge in [0.15, 0.2) is 5.69 Å². The lowest BCUT2D eigenvalue weighted by Gasteiger charge is -2.41. The van der Waals surface area contributed by atoms with Crippen LogP contribution in [0.3, 0.4) is 0 Å². The van der Waals surface area contributed by atoms with Crippen molar-refractivity contribution in [3.63, 3.8) is 0 Å². The van der Waals surface area contributed by atoms with Gasteiger partial charge in [0.1, 0.15) is 30.4 Å². The Morgan fingerprint density at radius 2 is 1.83 bits per heavy atom. The number of nitrogens with one attached hydrogen (secondary N) is 4. The summed E-state index contributed by atoms with van der Waals surface area (Å²) in [6.07, 6.45) is 2.93. The average molecular weight is 615 g/mol. The van der Waals surface area contributed by atoms with E-state index in [4.69, 9.17) is 15.9 Å². The molecule has 3 heterocycles. The van der Waals surface area contributed by atoms with Gasteiger partial charge in [0.05, 0.1) is 17.6 Å². The van der Waals surface area contributed by atoms with Gasteiger partial charge < -0.3 is 20.8 Å². The van der Waals surface area contributed by atoms with Crippen molar-refractivity contribution in [2.45, 2.75) is 32.2 Å². The molecule has 1 saturated heterocycles. The van der Waals surface area contributed by atoms with Crippen LogP contribution >= 0.6 is 24.8 Å². The van der Waals surface area contributed by atoms with Crippen LogP contribution in [0, 0.1) is 12.3 Å². The molecular weight excluding hydrogens is 579 g/mol. The van der Waals surface area contributed by atoms with E-state index in [2.05, 4.69) is 25.7 Å². The summed E-state index contributed by atoms with van der Waals surface area (Å²) in [4.78, 5) is 37.6. The van der Waals surface area contributed by atoms with Crippen molar-refractivity contribution in [3.05, 3.63) is 89.5 Å². The van der Waals surface area contributed by atoms with Crippen LogP contribution in [0.1, 0.15) is 40.3 Å². The number of ether oxygens (including phenoxy) is 1. The number of carbonyl (C=O) groups is 2. The minimum atomic E-state index is -0.516. The van der Waals surface area contributed by atoms with Gasteiger partial charge in [-0.05, 0) is 30.7 Å². The zero-order valence-electron chi connectivity index (χ0n) is 23.1. The monoisotopic (exact) mass is 613 g/mol. The van der Waals surface area contributed by atoms with Crippen molar-refractivity contribution >= 4 is 59.4 Å². The molecule has 0 spiro atoms. The number of benzene rings is 2. The number of H-pyrrole nitrogens is 1. The van der Waals surface area contributed by atoms with Crippen molar-refractivity contribution in [1.82, 2.24) is 30.3 Å². The lowest BCUT2D eigenvalue weighted by atomic mass is 10.0. The first-order chi connectivity index (χ1) is 19.3. The molecule has 0 radical (unpaired) electrons. The molecule has 13 heteroatoms. The van der Waals surface area contributed by atoms with E-state index in [-0.39, 0.29) is 53.8 Å². The van der Waals surface area contributed by atoms with E-state index < -0.39 is 6.09 Å². The number of carbonyl (C=O) groups excluding carboxylic acids is 2. The van der Waals surface area contributed by atoms with Gasteiger partial charge in [-0.2, -0.15) is 10.0 Å². The van der Waals surface area contributed by atoms with Gasteiger partial charge in [0.25, 0.3) is 5.91 Å². The van der Waals surface area contributed by atoms with Gasteiger partial charge in [0, 0.05) is 49.2 Å². The lowest BCUT2D eigenvalue weighted by Crippen LogP contribution is -2.66. The standard InChI is InChI=1S/C29H32N8O3.2ClH/c1-19-33-24-10-9-23(18-26(24)34-19)37(15-11-22(12-16-37)35-28(38)25-4-2-3-14-32-25)36-29(39)40-17-13-20-5-7-21(8-6-20)27(30)31;;/h2-10,14,18,22H,11-13,15-17H2,1H3,(H5-,30,31,33,34,35,36,38,39);2*1H/p+1. The van der Waals surface area contributed by atoms with Crippen LogP contribution in [0.15, 0.2) is 66.9 Å². The van der Waals surface area contributed by atoms with Crippen LogP contribution in [0.5, 0.6) is 0 Å². The number of aromatic nitrogens is 3. The first-order valence-corrected chi connectivity index (χ1v) is 13.3. The first kappa shape index (κ1) is 32.3. The van der Waals surface area contributed by atoms with E-state index in [0.29, 0.717) is 43.6 Å². The highest BCUT2D eigenvalue weighted by atomic mass is 35.5. The Morgan fingerprint density at radius 1 is 1.10 bits per heavy atom. The Labute approximate surface area is 256 Å². The summed E-state index contributed by atoms with van der Waals surface area (Å²) in [5, 5.41) is 10.6. The Kier molecular flexibility index (Phi) is 10.9. The number of quaternary nitrogens is 1. The van der Waals surface area contributed by atoms with Gasteiger partial charge in [-0.3, -0.25) is 15.2 Å². The molecule has 0 bridgehead atoms. The van der Waals surface area contributed by atoms with Crippen LogP contribution in [0.2, 0.25) is 0 Å². The second-order valence-electron chi connectivity index (χ2n) is 10.0. The minimum absolute atomic E-state index is 0. The molecule has 11 nitrogen and oxygen atoms in total. The average Bonchev–Trinajstić information content (AvgIpc) is 3.34. The third kappa shape index (κ3) is 7.55. The summed E-state index contributed by atoms with van der Waals surface area (Å²) in [6, 6.07) is 18.4. The van der Waals surface area contributed by atoms with Gasteiger partial charge in [-0.15, -0.1) is 24.8 Å². The predicted octanol–water partition coefficient (Wildman–Crippen LogP) is 4.18. The number of aromatic amines is 1. The summed E-state index contributed by atoms with van der Waals surface area (Å²) < 4.78 is 5.77. The maximum absolute atomic E-state index is 13.0. The molecule has 1 aliphatic heterocycles. The van der Waals surface area contributed by atoms with E-state index in [9.17, 15) is 9.59 Å². The summed E-state index contributed by atoms with van der Waals surface area (Å²) in [5.41, 5.74) is 13.3. The number of aryl methyl sites for hydroxylation is 1. The number of hydrogen-bond acceptors (Lipinski definition) is 6. The third-order valence-electron chi connectivity index (χ3n) is 7.22. The number of nitrogens with zero attached hydrogens (tertiary/aromatic N) is 3. The molecule has 42 heavy (non-hydrogen) atoms. The molecule has 5 rings (SSSR count).